The smallest absolute Gasteiger partial charge is 0.205 e. The molecule has 2 aromatic heterocycles. The van der Waals surface area contributed by atoms with Gasteiger partial charge in [0.2, 0.25) is 11.4 Å². The summed E-state index contributed by atoms with van der Waals surface area (Å²) >= 11 is 0. The molecule has 0 spiro atoms. The standard InChI is InChI=1S/C34H38N2O4S2/c1-39-33-25-31(37)17-13-27(33)11-15-29-9-3-5-19-35(29)21-7-23-41-42-24-8-22-36-20-6-4-10-30(36)16-12-28-14-18-32(38)26-34(28)40-2/h3-6,9-20,25,34H,7-8,21-24,26H2,1-2H3/p+2. The van der Waals surface area contributed by atoms with E-state index in [1.165, 1.54) is 0 Å². The van der Waals surface area contributed by atoms with Crippen molar-refractivity contribution in [1.29, 1.82) is 0 Å². The van der Waals surface area contributed by atoms with Gasteiger partial charge in [0.15, 0.2) is 12.4 Å². The fourth-order valence-electron chi connectivity index (χ4n) is 4.65. The topological polar surface area (TPSA) is 66.7 Å². The zero-order valence-electron chi connectivity index (χ0n) is 24.3. The van der Waals surface area contributed by atoms with Gasteiger partial charge in [-0.1, -0.05) is 27.7 Å². The quantitative estimate of drug-likeness (QED) is 0.113. The lowest BCUT2D eigenvalue weighted by atomic mass is 9.99. The van der Waals surface area contributed by atoms with E-state index in [-0.39, 0.29) is 11.9 Å². The monoisotopic (exact) mass is 604 g/mol. The van der Waals surface area contributed by atoms with Gasteiger partial charge in [-0.25, -0.2) is 0 Å². The van der Waals surface area contributed by atoms with Crippen LogP contribution in [0.3, 0.4) is 0 Å². The third kappa shape index (κ3) is 9.54. The molecule has 1 atom stereocenters. The molecule has 2 heterocycles. The van der Waals surface area contributed by atoms with Crippen LogP contribution < -0.4 is 13.9 Å². The summed E-state index contributed by atoms with van der Waals surface area (Å²) in [6.45, 7) is 1.91. The number of allylic oxidation sites excluding steroid dienone is 2. The molecule has 1 aliphatic rings. The second-order valence-electron chi connectivity index (χ2n) is 9.83. The molecule has 8 heteroatoms. The van der Waals surface area contributed by atoms with Gasteiger partial charge in [0, 0.05) is 85.9 Å². The largest absolute Gasteiger partial charge is 0.512 e. The Morgan fingerprint density at radius 3 is 2.07 bits per heavy atom. The Kier molecular flexibility index (Phi) is 12.6. The summed E-state index contributed by atoms with van der Waals surface area (Å²) in [6.07, 6.45) is 18.8. The minimum Gasteiger partial charge on any atom is -0.512 e. The summed E-state index contributed by atoms with van der Waals surface area (Å²) < 4.78 is 15.5. The van der Waals surface area contributed by atoms with E-state index in [2.05, 4.69) is 70.1 Å². The van der Waals surface area contributed by atoms with Gasteiger partial charge in [0.05, 0.1) is 19.0 Å². The van der Waals surface area contributed by atoms with Crippen LogP contribution in [0.5, 0.6) is 11.5 Å². The average molecular weight is 605 g/mol. The number of hydrogen-bond acceptors (Lipinski definition) is 6. The van der Waals surface area contributed by atoms with E-state index in [1.54, 1.807) is 32.4 Å². The second kappa shape index (κ2) is 16.9. The van der Waals surface area contributed by atoms with Crippen molar-refractivity contribution in [3.63, 3.8) is 0 Å². The van der Waals surface area contributed by atoms with Crippen LogP contribution in [0.4, 0.5) is 0 Å². The number of aliphatic hydroxyl groups is 1. The molecule has 0 aliphatic heterocycles. The maximum absolute atomic E-state index is 9.78. The number of aryl methyl sites for hydroxylation is 2. The Morgan fingerprint density at radius 2 is 1.45 bits per heavy atom. The van der Waals surface area contributed by atoms with Crippen molar-refractivity contribution in [2.75, 3.05) is 25.7 Å². The molecular weight excluding hydrogens is 565 g/mol. The van der Waals surface area contributed by atoms with E-state index in [1.807, 2.05) is 45.9 Å². The zero-order chi connectivity index (χ0) is 29.6. The van der Waals surface area contributed by atoms with Crippen molar-refractivity contribution < 1.29 is 28.8 Å². The molecule has 4 rings (SSSR count). The molecule has 1 aromatic carbocycles. The van der Waals surface area contributed by atoms with Crippen LogP contribution in [-0.4, -0.2) is 42.0 Å². The van der Waals surface area contributed by atoms with Crippen LogP contribution in [0.25, 0.3) is 18.2 Å². The highest BCUT2D eigenvalue weighted by Crippen LogP contribution is 2.26. The van der Waals surface area contributed by atoms with Crippen molar-refractivity contribution in [2.24, 2.45) is 0 Å². The van der Waals surface area contributed by atoms with Gasteiger partial charge < -0.3 is 19.7 Å². The molecule has 220 valence electrons. The molecule has 0 amide bonds. The van der Waals surface area contributed by atoms with Gasteiger partial charge in [0.1, 0.15) is 24.6 Å². The lowest BCUT2D eigenvalue weighted by molar-refractivity contribution is -0.698. The van der Waals surface area contributed by atoms with Crippen LogP contribution in [0.15, 0.2) is 96.6 Å². The number of pyridine rings is 2. The minimum atomic E-state index is -0.116. The number of aromatic hydroxyl groups is 1. The highest BCUT2D eigenvalue weighted by Gasteiger charge is 2.17. The summed E-state index contributed by atoms with van der Waals surface area (Å²) in [6, 6.07) is 17.6. The molecule has 0 radical (unpaired) electrons. The molecule has 42 heavy (non-hydrogen) atoms. The summed E-state index contributed by atoms with van der Waals surface area (Å²) in [5, 5.41) is 19.5. The molecule has 6 nitrogen and oxygen atoms in total. The van der Waals surface area contributed by atoms with Crippen LogP contribution in [-0.2, 0) is 17.8 Å². The summed E-state index contributed by atoms with van der Waals surface area (Å²) in [4.78, 5) is 0. The lowest BCUT2D eigenvalue weighted by Crippen LogP contribution is -2.36. The normalized spacial score (nSPS) is 15.2. The van der Waals surface area contributed by atoms with Crippen molar-refractivity contribution >= 4 is 39.8 Å². The van der Waals surface area contributed by atoms with Crippen molar-refractivity contribution in [3.8, 4) is 11.5 Å². The number of hydrogen-bond donors (Lipinski definition) is 2. The maximum atomic E-state index is 9.78. The van der Waals surface area contributed by atoms with Crippen LogP contribution in [0.2, 0.25) is 0 Å². The fraction of sp³-hybridized carbons (Fsp3) is 0.294. The molecule has 2 N–H and O–H groups in total. The Balaban J connectivity index is 1.19. The maximum Gasteiger partial charge on any atom is 0.205 e. The zero-order valence-corrected chi connectivity index (χ0v) is 25.9. The molecule has 1 aliphatic carbocycles. The van der Waals surface area contributed by atoms with Gasteiger partial charge in [-0.15, -0.1) is 0 Å². The molecule has 0 fully saturated rings. The number of ether oxygens (including phenoxy) is 2. The van der Waals surface area contributed by atoms with Crippen molar-refractivity contribution in [1.82, 2.24) is 0 Å². The third-order valence-electron chi connectivity index (χ3n) is 6.90. The van der Waals surface area contributed by atoms with E-state index in [0.29, 0.717) is 17.9 Å². The highest BCUT2D eigenvalue weighted by atomic mass is 33.1. The first-order valence-electron chi connectivity index (χ1n) is 14.1. The van der Waals surface area contributed by atoms with Crippen LogP contribution >= 0.6 is 21.6 Å². The van der Waals surface area contributed by atoms with Gasteiger partial charge >= 0.3 is 0 Å². The predicted octanol–water partition coefficient (Wildman–Crippen LogP) is 6.81. The van der Waals surface area contributed by atoms with Gasteiger partial charge in [-0.2, -0.15) is 9.13 Å². The van der Waals surface area contributed by atoms with Gasteiger partial charge in [-0.3, -0.25) is 0 Å². The number of phenols is 1. The number of aliphatic hydroxyl groups excluding tert-OH is 1. The number of methoxy groups -OCH3 is 2. The number of phenolic OH excluding ortho intramolecular Hbond substituents is 1. The summed E-state index contributed by atoms with van der Waals surface area (Å²) in [5.74, 6) is 3.39. The molecule has 0 bridgehead atoms. The van der Waals surface area contributed by atoms with Crippen molar-refractivity contribution in [2.45, 2.75) is 38.5 Å². The lowest BCUT2D eigenvalue weighted by Gasteiger charge is -2.19. The highest BCUT2D eigenvalue weighted by molar-refractivity contribution is 8.76. The van der Waals surface area contributed by atoms with Gasteiger partial charge in [-0.05, 0) is 48.1 Å². The fourth-order valence-corrected chi connectivity index (χ4v) is 6.79. The number of aromatic nitrogens is 2. The van der Waals surface area contributed by atoms with E-state index in [9.17, 15) is 10.2 Å². The Labute approximate surface area is 257 Å². The molecule has 3 aromatic rings. The van der Waals surface area contributed by atoms with E-state index in [4.69, 9.17) is 9.47 Å². The molecule has 0 saturated carbocycles. The predicted molar refractivity (Wildman–Crippen MR) is 174 cm³/mol. The third-order valence-corrected chi connectivity index (χ3v) is 9.48. The van der Waals surface area contributed by atoms with E-state index >= 15 is 0 Å². The Bertz CT molecular complexity index is 1430. The Morgan fingerprint density at radius 1 is 0.810 bits per heavy atom. The number of nitrogens with zero attached hydrogens (tertiary/aromatic N) is 2. The van der Waals surface area contributed by atoms with Crippen LogP contribution in [0.1, 0.15) is 36.2 Å². The van der Waals surface area contributed by atoms with Crippen molar-refractivity contribution in [3.05, 3.63) is 114 Å². The summed E-state index contributed by atoms with van der Waals surface area (Å²) in [5.41, 5.74) is 4.27. The first-order chi connectivity index (χ1) is 20.6. The first kappa shape index (κ1) is 31.5. The number of benzene rings is 1. The van der Waals surface area contributed by atoms with Gasteiger partial charge in [0.25, 0.3) is 0 Å². The first-order valence-corrected chi connectivity index (χ1v) is 16.6. The molecule has 1 unspecified atom stereocenters. The summed E-state index contributed by atoms with van der Waals surface area (Å²) in [7, 11) is 7.17. The van der Waals surface area contributed by atoms with E-state index in [0.717, 1.165) is 60.0 Å². The molecular formula is C34H40N2O4S2+2. The SMILES string of the molecule is COc1cc(O)ccc1/C=C/c1cccc[n+]1CCCSSCCC[n+]1ccccc1/C=C/C1=CC=C(O)CC1OC. The van der Waals surface area contributed by atoms with E-state index < -0.39 is 0 Å². The molecule has 0 saturated heterocycles. The second-order valence-corrected chi connectivity index (χ2v) is 12.5. The minimum absolute atomic E-state index is 0.116. The van der Waals surface area contributed by atoms with Crippen LogP contribution in [0, 0.1) is 0 Å². The average Bonchev–Trinajstić information content (AvgIpc) is 3.01. The number of rotatable bonds is 15. The Hall–Kier alpha value is -3.46.